The van der Waals surface area contributed by atoms with Crippen LogP contribution in [0.15, 0.2) is 127 Å². The van der Waals surface area contributed by atoms with Gasteiger partial charge in [0.1, 0.15) is 77.4 Å². The van der Waals surface area contributed by atoms with Crippen molar-refractivity contribution >= 4 is 70.9 Å². The number of hydrogen-bond donors (Lipinski definition) is 18. The van der Waals surface area contributed by atoms with E-state index in [1.807, 2.05) is 0 Å². The normalized spacial score (nSPS) is 14.6. The number of nitrogens with two attached hydrogens (primary N) is 1. The lowest BCUT2D eigenvalue weighted by molar-refractivity contribution is -0.142. The van der Waals surface area contributed by atoms with Crippen LogP contribution in [0.4, 0.5) is 0 Å². The summed E-state index contributed by atoms with van der Waals surface area (Å²) in [6.45, 7) is 0.610. The third-order valence-electron chi connectivity index (χ3n) is 14.3. The molecule has 0 aromatic heterocycles. The van der Waals surface area contributed by atoms with Crippen molar-refractivity contribution in [3.63, 3.8) is 0 Å². The molecule has 11 atom stereocenters. The number of benzene rings is 5. The highest BCUT2D eigenvalue weighted by Gasteiger charge is 2.38. The molecule has 494 valence electrons. The minimum absolute atomic E-state index is 0.0143. The number of carbonyl (C=O) groups is 10. The topological polar surface area (TPSA) is 467 Å². The molecule has 0 heterocycles. The van der Waals surface area contributed by atoms with Gasteiger partial charge in [0.2, 0.25) is 53.2 Å². The summed E-state index contributed by atoms with van der Waals surface area (Å²) in [6.07, 6.45) is -2.94. The smallest absolute Gasteiger partial charge is 0.326 e. The van der Waals surface area contributed by atoms with Crippen LogP contribution in [0.1, 0.15) is 48.1 Å². The van der Waals surface area contributed by atoms with E-state index in [1.54, 1.807) is 36.6 Å². The molecule has 9 amide bonds. The van der Waals surface area contributed by atoms with Crippen LogP contribution in [0, 0.1) is 0 Å². The van der Waals surface area contributed by atoms with Crippen molar-refractivity contribution < 1.29 is 88.8 Å². The number of rotatable bonds is 35. The molecule has 0 spiro atoms. The number of phenols is 4. The first-order chi connectivity index (χ1) is 43.8. The quantitative estimate of drug-likeness (QED) is 0.0207. The Hall–Kier alpha value is -9.81. The fourth-order valence-electron chi connectivity index (χ4n) is 9.24. The van der Waals surface area contributed by atoms with E-state index in [9.17, 15) is 88.8 Å². The Labute approximate surface area is 533 Å². The lowest BCUT2D eigenvalue weighted by Crippen LogP contribution is -2.63. The van der Waals surface area contributed by atoms with E-state index < -0.39 is 139 Å². The number of carbonyl (C=O) groups excluding carboxylic acids is 9. The summed E-state index contributed by atoms with van der Waals surface area (Å²) in [7, 11) is 0. The maximum absolute atomic E-state index is 14.6. The third kappa shape index (κ3) is 23.5. The summed E-state index contributed by atoms with van der Waals surface area (Å²) in [5, 5.41) is 104. The second kappa shape index (κ2) is 36.1. The standard InChI is InChI=1S/C63H78N10O18S/c1-34(75)53(72-58(85)46(65-52(81)32-64)28-37-9-17-41(77)18-10-37)61(88)69-49(27-36-7-5-4-6-8-36)59(86)73-54(35(2)76)62(89)71-51(33-74)60(87)68-48(30-39-13-21-43(79)22-14-39)57(84)67-47(29-38-11-19-42(78)20-12-38)56(83)66-45(25-26-92-3)55(82)70-50(63(90)91)31-40-15-23-44(80)24-16-40/h4-24,34-35,45-51,53-54,74-80H,25-33,64H2,1-3H3,(H,65,81)(H,66,83)(H,67,84)(H,68,87)(H,69,88)(H,70,82)(H,71,89)(H,72,85)(H,73,86)(H,90,91)/t34-,35-,45+,46+,47+,48+,49+,50+,51+,53+,54+/m1/s1. The zero-order chi connectivity index (χ0) is 67.6. The van der Waals surface area contributed by atoms with Gasteiger partial charge in [-0.3, -0.25) is 43.2 Å². The van der Waals surface area contributed by atoms with E-state index >= 15 is 0 Å². The van der Waals surface area contributed by atoms with Crippen LogP contribution in [0.3, 0.4) is 0 Å². The van der Waals surface area contributed by atoms with Crippen LogP contribution in [0.25, 0.3) is 0 Å². The Bertz CT molecular complexity index is 3290. The molecule has 5 aromatic rings. The predicted molar refractivity (Wildman–Crippen MR) is 335 cm³/mol. The molecule has 28 nitrogen and oxygen atoms in total. The van der Waals surface area contributed by atoms with E-state index in [1.165, 1.54) is 116 Å². The Morgan fingerprint density at radius 1 is 0.391 bits per heavy atom. The average Bonchev–Trinajstić information content (AvgIpc) is 3.65. The van der Waals surface area contributed by atoms with Crippen molar-refractivity contribution in [2.45, 2.75) is 119 Å². The molecule has 29 heteroatoms. The van der Waals surface area contributed by atoms with Crippen molar-refractivity contribution in [3.8, 4) is 23.0 Å². The van der Waals surface area contributed by atoms with Crippen molar-refractivity contribution in [1.82, 2.24) is 47.9 Å². The van der Waals surface area contributed by atoms with Crippen molar-refractivity contribution in [2.75, 3.05) is 25.2 Å². The van der Waals surface area contributed by atoms with Gasteiger partial charge in [-0.15, -0.1) is 0 Å². The van der Waals surface area contributed by atoms with Crippen molar-refractivity contribution in [2.24, 2.45) is 5.73 Å². The molecule has 19 N–H and O–H groups in total. The maximum atomic E-state index is 14.6. The molecule has 5 rings (SSSR count). The lowest BCUT2D eigenvalue weighted by atomic mass is 10.0. The fraction of sp³-hybridized carbons (Fsp3) is 0.365. The number of aliphatic hydroxyl groups excluding tert-OH is 3. The third-order valence-corrected chi connectivity index (χ3v) is 15.0. The minimum Gasteiger partial charge on any atom is -0.508 e. The summed E-state index contributed by atoms with van der Waals surface area (Å²) < 4.78 is 0. The van der Waals surface area contributed by atoms with E-state index in [2.05, 4.69) is 47.9 Å². The highest BCUT2D eigenvalue weighted by molar-refractivity contribution is 7.98. The molecule has 0 radical (unpaired) electrons. The van der Waals surface area contributed by atoms with Gasteiger partial charge in [0.05, 0.1) is 25.4 Å². The van der Waals surface area contributed by atoms with Gasteiger partial charge < -0.3 is 94.4 Å². The zero-order valence-corrected chi connectivity index (χ0v) is 51.3. The van der Waals surface area contributed by atoms with Gasteiger partial charge in [-0.05, 0) is 109 Å². The largest absolute Gasteiger partial charge is 0.508 e. The second-order valence-electron chi connectivity index (χ2n) is 21.6. The van der Waals surface area contributed by atoms with E-state index in [4.69, 9.17) is 5.73 Å². The number of carboxylic acids is 1. The van der Waals surface area contributed by atoms with Crippen molar-refractivity contribution in [3.05, 3.63) is 155 Å². The Kier molecular flexibility index (Phi) is 28.7. The summed E-state index contributed by atoms with van der Waals surface area (Å²) in [5.41, 5.74) is 7.63. The van der Waals surface area contributed by atoms with Gasteiger partial charge in [0.15, 0.2) is 0 Å². The van der Waals surface area contributed by atoms with Crippen molar-refractivity contribution in [1.29, 1.82) is 0 Å². The number of amides is 9. The van der Waals surface area contributed by atoms with E-state index in [0.717, 1.165) is 6.92 Å². The molecule has 0 saturated heterocycles. The number of carboxylic acid groups (broad SMARTS) is 1. The molecular formula is C63H78N10O18S. The zero-order valence-electron chi connectivity index (χ0n) is 50.5. The monoisotopic (exact) mass is 1290 g/mol. The summed E-state index contributed by atoms with van der Waals surface area (Å²) in [5.74, 6) is -10.8. The number of aliphatic carboxylic acids is 1. The van der Waals surface area contributed by atoms with E-state index in [0.29, 0.717) is 33.6 Å². The lowest BCUT2D eigenvalue weighted by Gasteiger charge is -2.29. The van der Waals surface area contributed by atoms with Crippen LogP contribution in [0.5, 0.6) is 23.0 Å². The highest BCUT2D eigenvalue weighted by atomic mass is 32.2. The van der Waals surface area contributed by atoms with Gasteiger partial charge >= 0.3 is 5.97 Å². The van der Waals surface area contributed by atoms with Gasteiger partial charge in [-0.1, -0.05) is 78.9 Å². The van der Waals surface area contributed by atoms with Crippen LogP contribution in [0.2, 0.25) is 0 Å². The summed E-state index contributed by atoms with van der Waals surface area (Å²) >= 11 is 1.32. The van der Waals surface area contributed by atoms with Crippen LogP contribution in [-0.4, -0.2) is 192 Å². The number of phenolic OH excluding ortho intramolecular Hbond substituents is 4. The SMILES string of the molecule is CSCC[C@H](NC(=O)[C@H](Cc1ccc(O)cc1)NC(=O)[C@H](Cc1ccc(O)cc1)NC(=O)[C@H](CO)NC(=O)[C@@H](NC(=O)[C@H](Cc1ccccc1)NC(=O)[C@@H](NC(=O)[C@H](Cc1ccc(O)cc1)NC(=O)CN)[C@@H](C)O)[C@@H](C)O)C(=O)N[C@@H](Cc1ccc(O)cc1)C(=O)O. The Morgan fingerprint density at radius 2 is 0.674 bits per heavy atom. The molecule has 0 aliphatic rings. The molecule has 0 bridgehead atoms. The van der Waals surface area contributed by atoms with Crippen LogP contribution < -0.4 is 53.6 Å². The van der Waals surface area contributed by atoms with Gasteiger partial charge in [0, 0.05) is 32.1 Å². The predicted octanol–water partition coefficient (Wildman–Crippen LogP) is -2.06. The van der Waals surface area contributed by atoms with Gasteiger partial charge in [-0.25, -0.2) is 4.79 Å². The first-order valence-electron chi connectivity index (χ1n) is 29.0. The average molecular weight is 1300 g/mol. The molecule has 0 unspecified atom stereocenters. The summed E-state index contributed by atoms with van der Waals surface area (Å²) in [4.78, 5) is 138. The molecule has 92 heavy (non-hydrogen) atoms. The first-order valence-corrected chi connectivity index (χ1v) is 30.4. The van der Waals surface area contributed by atoms with E-state index in [-0.39, 0.29) is 61.5 Å². The molecule has 0 fully saturated rings. The Balaban J connectivity index is 1.37. The van der Waals surface area contributed by atoms with Gasteiger partial charge in [0.25, 0.3) is 0 Å². The van der Waals surface area contributed by atoms with Gasteiger partial charge in [-0.2, -0.15) is 11.8 Å². The van der Waals surface area contributed by atoms with Crippen LogP contribution in [-0.2, 0) is 80.0 Å². The van der Waals surface area contributed by atoms with Crippen LogP contribution >= 0.6 is 11.8 Å². The fourth-order valence-corrected chi connectivity index (χ4v) is 9.71. The molecule has 5 aromatic carbocycles. The number of nitrogens with one attached hydrogen (secondary N) is 9. The number of aliphatic hydroxyl groups is 3. The molecule has 0 aliphatic heterocycles. The number of hydrogen-bond acceptors (Lipinski definition) is 19. The second-order valence-corrected chi connectivity index (χ2v) is 22.6. The Morgan fingerprint density at radius 3 is 1.01 bits per heavy atom. The first kappa shape index (κ1) is 72.9. The number of aromatic hydroxyl groups is 4. The minimum atomic E-state index is -1.94. The maximum Gasteiger partial charge on any atom is 0.326 e. The summed E-state index contributed by atoms with van der Waals surface area (Å²) in [6, 6.07) is 15.7. The number of thioether (sulfide) groups is 1. The highest BCUT2D eigenvalue weighted by Crippen LogP contribution is 2.18. The molecule has 0 aliphatic carbocycles. The molecule has 0 saturated carbocycles. The molecular weight excluding hydrogens is 1220 g/mol.